The van der Waals surface area contributed by atoms with E-state index in [-0.39, 0.29) is 0 Å². The average molecular weight is 296 g/mol. The molecule has 0 aliphatic carbocycles. The summed E-state index contributed by atoms with van der Waals surface area (Å²) in [6, 6.07) is 4.25. The summed E-state index contributed by atoms with van der Waals surface area (Å²) in [5, 5.41) is 0. The quantitative estimate of drug-likeness (QED) is 0.804. The lowest BCUT2D eigenvalue weighted by atomic mass is 10.0. The van der Waals surface area contributed by atoms with Gasteiger partial charge in [0.1, 0.15) is 5.52 Å². The van der Waals surface area contributed by atoms with E-state index < -0.39 is 0 Å². The second-order valence-corrected chi connectivity index (χ2v) is 6.07. The van der Waals surface area contributed by atoms with Crippen molar-refractivity contribution in [3.63, 3.8) is 0 Å². The Balaban J connectivity index is 2.49. The molecule has 0 aliphatic heterocycles. The molecule has 0 spiro atoms. The molecule has 2 nitrogen and oxygen atoms in total. The minimum absolute atomic E-state index is 0.501. The van der Waals surface area contributed by atoms with Gasteiger partial charge in [-0.15, -0.1) is 0 Å². The fourth-order valence-electron chi connectivity index (χ4n) is 1.83. The number of halogens is 1. The molecule has 1 aromatic heterocycles. The van der Waals surface area contributed by atoms with E-state index in [1.807, 2.05) is 0 Å². The highest BCUT2D eigenvalue weighted by Gasteiger charge is 2.12. The van der Waals surface area contributed by atoms with Crippen molar-refractivity contribution in [2.75, 3.05) is 0 Å². The Morgan fingerprint density at radius 2 is 1.94 bits per heavy atom. The summed E-state index contributed by atoms with van der Waals surface area (Å²) in [6.07, 6.45) is 0.887. The van der Waals surface area contributed by atoms with Gasteiger partial charge in [0.15, 0.2) is 11.5 Å². The molecule has 2 aromatic rings. The lowest BCUT2D eigenvalue weighted by molar-refractivity contribution is 0.481. The predicted molar refractivity (Wildman–Crippen MR) is 74.3 cm³/mol. The first-order valence-electron chi connectivity index (χ1n) is 6.06. The van der Waals surface area contributed by atoms with Gasteiger partial charge in [-0.05, 0) is 45.5 Å². The molecule has 2 rings (SSSR count). The maximum absolute atomic E-state index is 5.79. The molecule has 1 aromatic carbocycles. The second kappa shape index (κ2) is 4.81. The van der Waals surface area contributed by atoms with E-state index in [4.69, 9.17) is 4.42 Å². The van der Waals surface area contributed by atoms with Gasteiger partial charge in [0.05, 0.1) is 4.47 Å². The summed E-state index contributed by atoms with van der Waals surface area (Å²) in [6.45, 7) is 8.71. The van der Waals surface area contributed by atoms with Gasteiger partial charge in [-0.3, -0.25) is 0 Å². The Morgan fingerprint density at radius 3 is 2.53 bits per heavy atom. The van der Waals surface area contributed by atoms with E-state index >= 15 is 0 Å². The molecule has 0 radical (unpaired) electrons. The number of hydrogen-bond donors (Lipinski definition) is 0. The molecular weight excluding hydrogens is 278 g/mol. The maximum Gasteiger partial charge on any atom is 0.195 e. The van der Waals surface area contributed by atoms with Gasteiger partial charge >= 0.3 is 0 Å². The Bertz CT molecular complexity index is 528. The van der Waals surface area contributed by atoms with Crippen molar-refractivity contribution in [1.82, 2.24) is 4.98 Å². The predicted octanol–water partition coefficient (Wildman–Crippen LogP) is 4.91. The molecule has 0 saturated heterocycles. The van der Waals surface area contributed by atoms with Crippen molar-refractivity contribution >= 4 is 27.0 Å². The van der Waals surface area contributed by atoms with Crippen LogP contribution >= 0.6 is 15.9 Å². The molecule has 17 heavy (non-hydrogen) atoms. The van der Waals surface area contributed by atoms with Crippen LogP contribution in [0, 0.1) is 5.92 Å². The van der Waals surface area contributed by atoms with Crippen molar-refractivity contribution in [3.8, 4) is 0 Å². The van der Waals surface area contributed by atoms with Gasteiger partial charge in [0, 0.05) is 6.42 Å². The third-order valence-electron chi connectivity index (χ3n) is 2.76. The summed E-state index contributed by atoms with van der Waals surface area (Å²) >= 11 is 3.56. The number of aromatic nitrogens is 1. The average Bonchev–Trinajstić information content (AvgIpc) is 2.59. The van der Waals surface area contributed by atoms with Crippen LogP contribution in [0.3, 0.4) is 0 Å². The summed E-state index contributed by atoms with van der Waals surface area (Å²) in [5.74, 6) is 1.89. The minimum atomic E-state index is 0.501. The Hall–Kier alpha value is -0.830. The zero-order chi connectivity index (χ0) is 12.6. The lowest BCUT2D eigenvalue weighted by Gasteiger charge is -2.04. The smallest absolute Gasteiger partial charge is 0.195 e. The standard InChI is InChI=1S/C14H18BrNO/c1-8(2)5-13-16-12-7-10(9(3)4)6-11(15)14(12)17-13/h6-9H,5H2,1-4H3. The van der Waals surface area contributed by atoms with E-state index in [9.17, 15) is 0 Å². The van der Waals surface area contributed by atoms with Crippen LogP contribution in [0.4, 0.5) is 0 Å². The van der Waals surface area contributed by atoms with Crippen molar-refractivity contribution in [2.24, 2.45) is 5.92 Å². The van der Waals surface area contributed by atoms with Crippen molar-refractivity contribution in [1.29, 1.82) is 0 Å². The van der Waals surface area contributed by atoms with E-state index in [1.54, 1.807) is 0 Å². The van der Waals surface area contributed by atoms with Gasteiger partial charge in [0.25, 0.3) is 0 Å². The number of hydrogen-bond acceptors (Lipinski definition) is 2. The van der Waals surface area contributed by atoms with Crippen LogP contribution in [0.2, 0.25) is 0 Å². The third kappa shape index (κ3) is 2.71. The Labute approximate surface area is 111 Å². The SMILES string of the molecule is CC(C)Cc1nc2cc(C(C)C)cc(Br)c2o1. The molecule has 3 heteroatoms. The first-order chi connectivity index (χ1) is 7.97. The van der Waals surface area contributed by atoms with Crippen LogP contribution in [0.5, 0.6) is 0 Å². The molecule has 0 amide bonds. The molecule has 92 valence electrons. The highest BCUT2D eigenvalue weighted by atomic mass is 79.9. The largest absolute Gasteiger partial charge is 0.439 e. The van der Waals surface area contributed by atoms with Crippen LogP contribution < -0.4 is 0 Å². The molecule has 0 aliphatic rings. The molecule has 0 bridgehead atoms. The summed E-state index contributed by atoms with van der Waals surface area (Å²) < 4.78 is 6.79. The summed E-state index contributed by atoms with van der Waals surface area (Å²) in [7, 11) is 0. The molecule has 0 fully saturated rings. The number of benzene rings is 1. The highest BCUT2D eigenvalue weighted by Crippen LogP contribution is 2.30. The van der Waals surface area contributed by atoms with E-state index in [2.05, 4.69) is 60.7 Å². The topological polar surface area (TPSA) is 26.0 Å². The van der Waals surface area contributed by atoms with E-state index in [0.29, 0.717) is 11.8 Å². The first kappa shape index (κ1) is 12.6. The molecule has 1 heterocycles. The van der Waals surface area contributed by atoms with Crippen LogP contribution in [-0.2, 0) is 6.42 Å². The van der Waals surface area contributed by atoms with Crippen LogP contribution in [0.1, 0.15) is 45.1 Å². The lowest BCUT2D eigenvalue weighted by Crippen LogP contribution is -1.93. The van der Waals surface area contributed by atoms with E-state index in [0.717, 1.165) is 27.9 Å². The molecular formula is C14H18BrNO. The minimum Gasteiger partial charge on any atom is -0.439 e. The fourth-order valence-corrected chi connectivity index (χ4v) is 2.38. The van der Waals surface area contributed by atoms with Crippen LogP contribution in [0.25, 0.3) is 11.1 Å². The van der Waals surface area contributed by atoms with Gasteiger partial charge in [-0.25, -0.2) is 4.98 Å². The van der Waals surface area contributed by atoms with Gasteiger partial charge in [-0.2, -0.15) is 0 Å². The zero-order valence-electron chi connectivity index (χ0n) is 10.7. The van der Waals surface area contributed by atoms with Crippen LogP contribution in [-0.4, -0.2) is 4.98 Å². The monoisotopic (exact) mass is 295 g/mol. The summed E-state index contributed by atoms with van der Waals surface area (Å²) in [5.41, 5.74) is 3.11. The maximum atomic E-state index is 5.79. The molecule has 0 N–H and O–H groups in total. The van der Waals surface area contributed by atoms with Crippen molar-refractivity contribution in [2.45, 2.75) is 40.0 Å². The van der Waals surface area contributed by atoms with Gasteiger partial charge in [0.2, 0.25) is 0 Å². The van der Waals surface area contributed by atoms with Crippen LogP contribution in [0.15, 0.2) is 21.0 Å². The Kier molecular flexibility index (Phi) is 3.57. The second-order valence-electron chi connectivity index (χ2n) is 5.21. The molecule has 0 saturated carbocycles. The number of oxazole rings is 1. The van der Waals surface area contributed by atoms with E-state index in [1.165, 1.54) is 5.56 Å². The highest BCUT2D eigenvalue weighted by molar-refractivity contribution is 9.10. The normalized spacial score (nSPS) is 11.9. The third-order valence-corrected chi connectivity index (χ3v) is 3.35. The van der Waals surface area contributed by atoms with Crippen molar-refractivity contribution in [3.05, 3.63) is 28.1 Å². The zero-order valence-corrected chi connectivity index (χ0v) is 12.3. The fraction of sp³-hybridized carbons (Fsp3) is 0.500. The van der Waals surface area contributed by atoms with Gasteiger partial charge < -0.3 is 4.42 Å². The number of nitrogens with zero attached hydrogens (tertiary/aromatic N) is 1. The van der Waals surface area contributed by atoms with Gasteiger partial charge in [-0.1, -0.05) is 27.7 Å². The molecule has 0 atom stereocenters. The number of fused-ring (bicyclic) bond motifs is 1. The van der Waals surface area contributed by atoms with Crippen molar-refractivity contribution < 1.29 is 4.42 Å². The summed E-state index contributed by atoms with van der Waals surface area (Å²) in [4.78, 5) is 4.56. The Morgan fingerprint density at radius 1 is 1.24 bits per heavy atom. The number of rotatable bonds is 3. The molecule has 0 unspecified atom stereocenters. The first-order valence-corrected chi connectivity index (χ1v) is 6.85.